The van der Waals surface area contributed by atoms with E-state index in [1.165, 1.54) is 11.3 Å². The third kappa shape index (κ3) is 4.49. The summed E-state index contributed by atoms with van der Waals surface area (Å²) in [4.78, 5) is 17.6. The van der Waals surface area contributed by atoms with Gasteiger partial charge in [0.05, 0.1) is 26.9 Å². The van der Waals surface area contributed by atoms with Crippen LogP contribution in [-0.4, -0.2) is 17.1 Å². The van der Waals surface area contributed by atoms with Crippen molar-refractivity contribution in [3.63, 3.8) is 0 Å². The lowest BCUT2D eigenvalue weighted by Gasteiger charge is -2.06. The number of carbonyl (C=O) groups excluding carboxylic acids is 1. The highest BCUT2D eigenvalue weighted by Gasteiger charge is 2.13. The molecule has 0 fully saturated rings. The van der Waals surface area contributed by atoms with Crippen molar-refractivity contribution in [1.29, 1.82) is 0 Å². The first-order chi connectivity index (χ1) is 13.5. The second-order valence-corrected chi connectivity index (χ2v) is 7.93. The largest absolute Gasteiger partial charge is 0.494 e. The molecule has 146 valence electrons. The minimum Gasteiger partial charge on any atom is -0.494 e. The Balaban J connectivity index is 2.01. The van der Waals surface area contributed by atoms with E-state index in [0.717, 1.165) is 23.1 Å². The van der Waals surface area contributed by atoms with Crippen molar-refractivity contribution in [2.45, 2.75) is 26.3 Å². The van der Waals surface area contributed by atoms with Crippen LogP contribution in [0.25, 0.3) is 10.2 Å². The molecule has 1 amide bonds. The Kier molecular flexibility index (Phi) is 6.94. The van der Waals surface area contributed by atoms with Gasteiger partial charge in [-0.1, -0.05) is 60.0 Å². The summed E-state index contributed by atoms with van der Waals surface area (Å²) in [6.45, 7) is 6.98. The van der Waals surface area contributed by atoms with E-state index in [1.54, 1.807) is 30.3 Å². The molecule has 3 rings (SSSR count). The molecule has 0 spiro atoms. The van der Waals surface area contributed by atoms with Gasteiger partial charge < -0.3 is 9.30 Å². The topological polar surface area (TPSA) is 43.6 Å². The number of allylic oxidation sites excluding steroid dienone is 1. The van der Waals surface area contributed by atoms with Gasteiger partial charge in [-0.15, -0.1) is 6.58 Å². The number of thiazole rings is 1. The molecule has 0 radical (unpaired) electrons. The number of hydrogen-bond acceptors (Lipinski definition) is 3. The van der Waals surface area contributed by atoms with Crippen molar-refractivity contribution in [2.24, 2.45) is 4.99 Å². The van der Waals surface area contributed by atoms with E-state index in [9.17, 15) is 4.79 Å². The second kappa shape index (κ2) is 9.41. The van der Waals surface area contributed by atoms with Crippen LogP contribution in [-0.2, 0) is 6.54 Å². The van der Waals surface area contributed by atoms with Gasteiger partial charge in [-0.25, -0.2) is 0 Å². The summed E-state index contributed by atoms with van der Waals surface area (Å²) in [5.41, 5.74) is 1.23. The van der Waals surface area contributed by atoms with E-state index in [2.05, 4.69) is 18.5 Å². The van der Waals surface area contributed by atoms with Gasteiger partial charge in [-0.3, -0.25) is 4.79 Å². The summed E-state index contributed by atoms with van der Waals surface area (Å²) in [6, 6.07) is 10.7. The van der Waals surface area contributed by atoms with Gasteiger partial charge >= 0.3 is 0 Å². The zero-order valence-electron chi connectivity index (χ0n) is 15.5. The molecule has 1 aromatic heterocycles. The number of nitrogens with zero attached hydrogens (tertiary/aromatic N) is 2. The number of carbonyl (C=O) groups is 1. The number of halogens is 2. The molecule has 0 atom stereocenters. The molecule has 0 saturated carbocycles. The maximum Gasteiger partial charge on any atom is 0.279 e. The van der Waals surface area contributed by atoms with Gasteiger partial charge in [0, 0.05) is 12.1 Å². The average Bonchev–Trinajstić information content (AvgIpc) is 3.03. The first kappa shape index (κ1) is 20.6. The van der Waals surface area contributed by atoms with Crippen LogP contribution in [0.15, 0.2) is 54.0 Å². The van der Waals surface area contributed by atoms with Crippen LogP contribution in [0.5, 0.6) is 5.75 Å². The van der Waals surface area contributed by atoms with E-state index in [-0.39, 0.29) is 5.91 Å². The Morgan fingerprint density at radius 2 is 2.14 bits per heavy atom. The minimum atomic E-state index is -0.340. The number of unbranched alkanes of at least 4 members (excludes halogenated alkanes) is 1. The van der Waals surface area contributed by atoms with Crippen LogP contribution in [0.3, 0.4) is 0 Å². The van der Waals surface area contributed by atoms with Gasteiger partial charge in [-0.05, 0) is 36.8 Å². The standard InChI is InChI=1S/C21H20Cl2N2O2S/c1-3-5-12-27-15-8-6-7-14(13-15)20(26)24-21-25(11-4-2)19-17(28-21)10-9-16(22)18(19)23/h4,6-10,13H,2-3,5,11-12H2,1H3. The molecule has 0 aliphatic carbocycles. The second-order valence-electron chi connectivity index (χ2n) is 6.14. The van der Waals surface area contributed by atoms with Crippen molar-refractivity contribution in [3.05, 3.63) is 69.5 Å². The van der Waals surface area contributed by atoms with Crippen LogP contribution in [0.1, 0.15) is 30.1 Å². The molecule has 7 heteroatoms. The van der Waals surface area contributed by atoms with Gasteiger partial charge in [0.25, 0.3) is 5.91 Å². The minimum absolute atomic E-state index is 0.340. The average molecular weight is 435 g/mol. The molecule has 0 N–H and O–H groups in total. The van der Waals surface area contributed by atoms with Gasteiger partial charge in [0.2, 0.25) is 0 Å². The summed E-state index contributed by atoms with van der Waals surface area (Å²) in [5, 5.41) is 0.900. The summed E-state index contributed by atoms with van der Waals surface area (Å²) in [5.74, 6) is 0.326. The highest BCUT2D eigenvalue weighted by molar-refractivity contribution is 7.16. The zero-order chi connectivity index (χ0) is 20.1. The summed E-state index contributed by atoms with van der Waals surface area (Å²) in [6.07, 6.45) is 3.75. The molecular weight excluding hydrogens is 415 g/mol. The molecule has 28 heavy (non-hydrogen) atoms. The third-order valence-corrected chi connectivity index (χ3v) is 5.93. The number of aromatic nitrogens is 1. The first-order valence-electron chi connectivity index (χ1n) is 8.95. The Morgan fingerprint density at radius 3 is 2.89 bits per heavy atom. The van der Waals surface area contributed by atoms with Crippen molar-refractivity contribution in [3.8, 4) is 5.75 Å². The lowest BCUT2D eigenvalue weighted by atomic mass is 10.2. The van der Waals surface area contributed by atoms with Gasteiger partial charge in [-0.2, -0.15) is 4.99 Å². The van der Waals surface area contributed by atoms with Gasteiger partial charge in [0.15, 0.2) is 4.80 Å². The van der Waals surface area contributed by atoms with Crippen molar-refractivity contribution in [2.75, 3.05) is 6.61 Å². The molecule has 0 bridgehead atoms. The smallest absolute Gasteiger partial charge is 0.279 e. The highest BCUT2D eigenvalue weighted by Crippen LogP contribution is 2.32. The van der Waals surface area contributed by atoms with Crippen LogP contribution < -0.4 is 9.54 Å². The summed E-state index contributed by atoms with van der Waals surface area (Å²) < 4.78 is 8.43. The molecule has 0 unspecified atom stereocenters. The fourth-order valence-corrected chi connectivity index (χ4v) is 4.21. The predicted octanol–water partition coefficient (Wildman–Crippen LogP) is 6.12. The molecule has 3 aromatic rings. The Morgan fingerprint density at radius 1 is 1.32 bits per heavy atom. The number of amides is 1. The maximum atomic E-state index is 12.8. The fraction of sp³-hybridized carbons (Fsp3) is 0.238. The van der Waals surface area contributed by atoms with Crippen molar-refractivity contribution >= 4 is 50.7 Å². The Hall–Kier alpha value is -2.08. The number of rotatable bonds is 7. The molecule has 0 saturated heterocycles. The highest BCUT2D eigenvalue weighted by atomic mass is 35.5. The van der Waals surface area contributed by atoms with Crippen LogP contribution in [0.4, 0.5) is 0 Å². The van der Waals surface area contributed by atoms with Gasteiger partial charge in [0.1, 0.15) is 5.75 Å². The third-order valence-electron chi connectivity index (χ3n) is 4.09. The zero-order valence-corrected chi connectivity index (χ0v) is 17.8. The number of hydrogen-bond donors (Lipinski definition) is 0. The molecule has 0 aliphatic heterocycles. The Bertz CT molecular complexity index is 1090. The molecular formula is C21H20Cl2N2O2S. The van der Waals surface area contributed by atoms with Crippen LogP contribution >= 0.6 is 34.5 Å². The molecule has 2 aromatic carbocycles. The summed E-state index contributed by atoms with van der Waals surface area (Å²) in [7, 11) is 0. The van der Waals surface area contributed by atoms with Crippen LogP contribution in [0, 0.1) is 0 Å². The lowest BCUT2D eigenvalue weighted by Crippen LogP contribution is -2.16. The van der Waals surface area contributed by atoms with Crippen molar-refractivity contribution < 1.29 is 9.53 Å². The SMILES string of the molecule is C=CCn1c(=NC(=O)c2cccc(OCCCC)c2)sc2ccc(Cl)c(Cl)c21. The van der Waals surface area contributed by atoms with Crippen LogP contribution in [0.2, 0.25) is 10.0 Å². The number of benzene rings is 2. The van der Waals surface area contributed by atoms with E-state index in [4.69, 9.17) is 27.9 Å². The maximum absolute atomic E-state index is 12.8. The first-order valence-corrected chi connectivity index (χ1v) is 10.5. The summed E-state index contributed by atoms with van der Waals surface area (Å²) >= 11 is 13.9. The monoisotopic (exact) mass is 434 g/mol. The van der Waals surface area contributed by atoms with Crippen molar-refractivity contribution in [1.82, 2.24) is 4.57 Å². The number of ether oxygens (including phenoxy) is 1. The quantitative estimate of drug-likeness (QED) is 0.332. The Labute approximate surface area is 177 Å². The number of fused-ring (bicyclic) bond motifs is 1. The van der Waals surface area contributed by atoms with E-state index in [0.29, 0.717) is 39.3 Å². The normalized spacial score (nSPS) is 11.8. The lowest BCUT2D eigenvalue weighted by molar-refractivity contribution is 0.0997. The fourth-order valence-electron chi connectivity index (χ4n) is 2.69. The van der Waals surface area contributed by atoms with E-state index < -0.39 is 0 Å². The van der Waals surface area contributed by atoms with E-state index in [1.807, 2.05) is 16.7 Å². The molecule has 1 heterocycles. The predicted molar refractivity (Wildman–Crippen MR) is 117 cm³/mol. The molecule has 0 aliphatic rings. The molecule has 4 nitrogen and oxygen atoms in total. The van der Waals surface area contributed by atoms with E-state index >= 15 is 0 Å².